The Labute approximate surface area is 130 Å². The molecule has 0 atom stereocenters. The van der Waals surface area contributed by atoms with Gasteiger partial charge in [0.25, 0.3) is 0 Å². The molecule has 6 heteroatoms. The maximum atomic E-state index is 12.0. The highest BCUT2D eigenvalue weighted by molar-refractivity contribution is 7.20. The van der Waals surface area contributed by atoms with E-state index in [1.807, 2.05) is 41.9 Å². The lowest BCUT2D eigenvalue weighted by atomic mass is 10.3. The molecule has 21 heavy (non-hydrogen) atoms. The quantitative estimate of drug-likeness (QED) is 0.797. The fourth-order valence-electron chi connectivity index (χ4n) is 1.87. The van der Waals surface area contributed by atoms with Gasteiger partial charge in [-0.15, -0.1) is 22.7 Å². The van der Waals surface area contributed by atoms with Crippen LogP contribution in [0.5, 0.6) is 0 Å². The SMILES string of the molecule is Cc1cccc(NC(=O)Cc2csc(-c3cccs3)n2)n1. The van der Waals surface area contributed by atoms with Gasteiger partial charge in [-0.25, -0.2) is 9.97 Å². The first-order valence-electron chi connectivity index (χ1n) is 6.42. The van der Waals surface area contributed by atoms with Gasteiger partial charge < -0.3 is 5.32 Å². The molecule has 3 aromatic rings. The molecule has 0 aliphatic rings. The summed E-state index contributed by atoms with van der Waals surface area (Å²) in [4.78, 5) is 21.9. The van der Waals surface area contributed by atoms with Gasteiger partial charge in [0, 0.05) is 11.1 Å². The van der Waals surface area contributed by atoms with E-state index < -0.39 is 0 Å². The van der Waals surface area contributed by atoms with E-state index in [-0.39, 0.29) is 12.3 Å². The number of hydrogen-bond acceptors (Lipinski definition) is 5. The third-order valence-electron chi connectivity index (χ3n) is 2.78. The minimum Gasteiger partial charge on any atom is -0.310 e. The van der Waals surface area contributed by atoms with Crippen molar-refractivity contribution < 1.29 is 4.79 Å². The average molecular weight is 315 g/mol. The molecular formula is C15H13N3OS2. The Kier molecular flexibility index (Phi) is 4.08. The van der Waals surface area contributed by atoms with Crippen molar-refractivity contribution >= 4 is 34.4 Å². The Bertz CT molecular complexity index is 750. The van der Waals surface area contributed by atoms with Crippen LogP contribution in [0.3, 0.4) is 0 Å². The fraction of sp³-hybridized carbons (Fsp3) is 0.133. The van der Waals surface area contributed by atoms with Crippen LogP contribution >= 0.6 is 22.7 Å². The summed E-state index contributed by atoms with van der Waals surface area (Å²) >= 11 is 3.21. The number of pyridine rings is 1. The molecule has 3 aromatic heterocycles. The van der Waals surface area contributed by atoms with E-state index in [2.05, 4.69) is 15.3 Å². The zero-order chi connectivity index (χ0) is 14.7. The topological polar surface area (TPSA) is 54.9 Å². The van der Waals surface area contributed by atoms with Crippen molar-refractivity contribution in [1.29, 1.82) is 0 Å². The molecule has 0 unspecified atom stereocenters. The zero-order valence-electron chi connectivity index (χ0n) is 11.4. The van der Waals surface area contributed by atoms with Crippen molar-refractivity contribution in [2.45, 2.75) is 13.3 Å². The molecule has 0 spiro atoms. The second-order valence-electron chi connectivity index (χ2n) is 4.51. The Morgan fingerprint density at radius 1 is 1.19 bits per heavy atom. The molecule has 3 rings (SSSR count). The van der Waals surface area contributed by atoms with Crippen LogP contribution in [-0.2, 0) is 11.2 Å². The maximum absolute atomic E-state index is 12.0. The van der Waals surface area contributed by atoms with E-state index in [0.717, 1.165) is 21.3 Å². The van der Waals surface area contributed by atoms with Gasteiger partial charge in [-0.3, -0.25) is 4.79 Å². The highest BCUT2D eigenvalue weighted by Gasteiger charge is 2.10. The van der Waals surface area contributed by atoms with Gasteiger partial charge in [-0.1, -0.05) is 12.1 Å². The van der Waals surface area contributed by atoms with Gasteiger partial charge in [0.15, 0.2) is 0 Å². The van der Waals surface area contributed by atoms with Gasteiger partial charge >= 0.3 is 0 Å². The number of thiazole rings is 1. The normalized spacial score (nSPS) is 10.5. The summed E-state index contributed by atoms with van der Waals surface area (Å²) in [6.45, 7) is 1.89. The van der Waals surface area contributed by atoms with E-state index in [0.29, 0.717) is 5.82 Å². The van der Waals surface area contributed by atoms with Crippen molar-refractivity contribution in [2.75, 3.05) is 5.32 Å². The molecule has 3 heterocycles. The zero-order valence-corrected chi connectivity index (χ0v) is 13.0. The number of nitrogens with one attached hydrogen (secondary N) is 1. The first-order chi connectivity index (χ1) is 10.2. The molecule has 0 bridgehead atoms. The Morgan fingerprint density at radius 2 is 2.10 bits per heavy atom. The third-order valence-corrected chi connectivity index (χ3v) is 4.71. The van der Waals surface area contributed by atoms with Gasteiger partial charge in [0.2, 0.25) is 5.91 Å². The summed E-state index contributed by atoms with van der Waals surface area (Å²) in [7, 11) is 0. The lowest BCUT2D eigenvalue weighted by molar-refractivity contribution is -0.115. The van der Waals surface area contributed by atoms with Crippen LogP contribution in [0, 0.1) is 6.92 Å². The standard InChI is InChI=1S/C15H13N3OS2/c1-10-4-2-6-13(16-10)18-14(19)8-11-9-21-15(17-11)12-5-3-7-20-12/h2-7,9H,8H2,1H3,(H,16,18,19). The largest absolute Gasteiger partial charge is 0.310 e. The van der Waals surface area contributed by atoms with Crippen LogP contribution in [0.4, 0.5) is 5.82 Å². The molecule has 0 radical (unpaired) electrons. The summed E-state index contributed by atoms with van der Waals surface area (Å²) in [6.07, 6.45) is 0.261. The maximum Gasteiger partial charge on any atom is 0.231 e. The van der Waals surface area contributed by atoms with Gasteiger partial charge in [0.05, 0.1) is 17.0 Å². The molecule has 0 aromatic carbocycles. The van der Waals surface area contributed by atoms with Crippen molar-refractivity contribution in [3.8, 4) is 9.88 Å². The summed E-state index contributed by atoms with van der Waals surface area (Å²) in [5, 5.41) is 7.70. The monoisotopic (exact) mass is 315 g/mol. The average Bonchev–Trinajstić information content (AvgIpc) is 3.08. The van der Waals surface area contributed by atoms with Gasteiger partial charge in [-0.05, 0) is 30.5 Å². The number of hydrogen-bond donors (Lipinski definition) is 1. The number of nitrogens with zero attached hydrogens (tertiary/aromatic N) is 2. The predicted molar refractivity (Wildman–Crippen MR) is 86.7 cm³/mol. The molecule has 0 fully saturated rings. The molecule has 0 saturated heterocycles. The van der Waals surface area contributed by atoms with Gasteiger partial charge in [-0.2, -0.15) is 0 Å². The summed E-state index contributed by atoms with van der Waals surface area (Å²) in [5.74, 6) is 0.477. The van der Waals surface area contributed by atoms with E-state index in [1.54, 1.807) is 28.7 Å². The molecule has 1 amide bonds. The first kappa shape index (κ1) is 13.9. The molecule has 0 aliphatic heterocycles. The van der Waals surface area contributed by atoms with E-state index in [4.69, 9.17) is 0 Å². The van der Waals surface area contributed by atoms with Crippen LogP contribution in [0.2, 0.25) is 0 Å². The van der Waals surface area contributed by atoms with Gasteiger partial charge in [0.1, 0.15) is 10.8 Å². The minimum atomic E-state index is -0.101. The molecular weight excluding hydrogens is 302 g/mol. The second kappa shape index (κ2) is 6.15. The summed E-state index contributed by atoms with van der Waals surface area (Å²) in [6, 6.07) is 9.57. The van der Waals surface area contributed by atoms with E-state index >= 15 is 0 Å². The number of amides is 1. The van der Waals surface area contributed by atoms with Crippen molar-refractivity contribution in [2.24, 2.45) is 0 Å². The fourth-order valence-corrected chi connectivity index (χ4v) is 3.50. The van der Waals surface area contributed by atoms with Crippen LogP contribution in [0.1, 0.15) is 11.4 Å². The molecule has 1 N–H and O–H groups in total. The lowest BCUT2D eigenvalue weighted by Crippen LogP contribution is -2.15. The molecule has 0 aliphatic carbocycles. The second-order valence-corrected chi connectivity index (χ2v) is 6.32. The van der Waals surface area contributed by atoms with E-state index in [1.165, 1.54) is 0 Å². The highest BCUT2D eigenvalue weighted by Crippen LogP contribution is 2.27. The third kappa shape index (κ3) is 3.53. The Morgan fingerprint density at radius 3 is 2.86 bits per heavy atom. The Hall–Kier alpha value is -2.05. The number of rotatable bonds is 4. The van der Waals surface area contributed by atoms with Crippen molar-refractivity contribution in [3.05, 3.63) is 52.5 Å². The number of anilines is 1. The summed E-state index contributed by atoms with van der Waals surface area (Å²) in [5.41, 5.74) is 1.66. The molecule has 4 nitrogen and oxygen atoms in total. The van der Waals surface area contributed by atoms with Crippen molar-refractivity contribution in [3.63, 3.8) is 0 Å². The first-order valence-corrected chi connectivity index (χ1v) is 8.18. The summed E-state index contributed by atoms with van der Waals surface area (Å²) < 4.78 is 0. The number of carbonyl (C=O) groups excluding carboxylic acids is 1. The van der Waals surface area contributed by atoms with Crippen LogP contribution in [-0.4, -0.2) is 15.9 Å². The highest BCUT2D eigenvalue weighted by atomic mass is 32.1. The smallest absolute Gasteiger partial charge is 0.231 e. The molecule has 106 valence electrons. The van der Waals surface area contributed by atoms with E-state index in [9.17, 15) is 4.79 Å². The number of aromatic nitrogens is 2. The number of aryl methyl sites for hydroxylation is 1. The number of thiophene rings is 1. The van der Waals surface area contributed by atoms with Crippen LogP contribution in [0.25, 0.3) is 9.88 Å². The minimum absolute atomic E-state index is 0.101. The van der Waals surface area contributed by atoms with Crippen LogP contribution < -0.4 is 5.32 Å². The lowest BCUT2D eigenvalue weighted by Gasteiger charge is -2.03. The van der Waals surface area contributed by atoms with Crippen molar-refractivity contribution in [1.82, 2.24) is 9.97 Å². The Balaban J connectivity index is 1.65. The molecule has 0 saturated carbocycles. The number of carbonyl (C=O) groups is 1. The van der Waals surface area contributed by atoms with Crippen LogP contribution in [0.15, 0.2) is 41.1 Å². The predicted octanol–water partition coefficient (Wildman–Crippen LogP) is 3.76.